The Morgan fingerprint density at radius 2 is 1.67 bits per heavy atom. The Hall–Kier alpha value is -2.58. The van der Waals surface area contributed by atoms with Gasteiger partial charge in [0.2, 0.25) is 5.95 Å². The highest BCUT2D eigenvalue weighted by Gasteiger charge is 2.51. The summed E-state index contributed by atoms with van der Waals surface area (Å²) < 4.78 is 38.9. The third kappa shape index (κ3) is 3.77. The molecule has 1 unspecified atom stereocenters. The molecule has 0 aliphatic carbocycles. The van der Waals surface area contributed by atoms with Crippen LogP contribution >= 0.6 is 0 Å². The standard InChI is InChI=1S/C22H24BF2N3O2/c1-13(14-6-8-17(24)18(25)11-14)27-20-26-12-15-10-16(7-9-19(15)28-20)23-29-21(2,3)22(4,5)30-23/h6-13H,1-5H3,(H,26,27,28). The zero-order valence-electron chi connectivity index (χ0n) is 17.7. The van der Waals surface area contributed by atoms with Crippen molar-refractivity contribution in [2.75, 3.05) is 5.32 Å². The van der Waals surface area contributed by atoms with Gasteiger partial charge < -0.3 is 14.6 Å². The molecule has 8 heteroatoms. The summed E-state index contributed by atoms with van der Waals surface area (Å²) in [5.41, 5.74) is 1.44. The molecule has 2 aromatic carbocycles. The molecule has 1 saturated heterocycles. The summed E-state index contributed by atoms with van der Waals surface area (Å²) in [6.07, 6.45) is 1.72. The number of rotatable bonds is 4. The van der Waals surface area contributed by atoms with E-state index in [1.165, 1.54) is 12.1 Å². The second-order valence-corrected chi connectivity index (χ2v) is 8.64. The van der Waals surface area contributed by atoms with E-state index >= 15 is 0 Å². The van der Waals surface area contributed by atoms with Crippen molar-refractivity contribution in [3.8, 4) is 0 Å². The molecule has 1 fully saturated rings. The highest BCUT2D eigenvalue weighted by atomic mass is 19.2. The van der Waals surface area contributed by atoms with E-state index in [1.807, 2.05) is 52.8 Å². The molecule has 0 bridgehead atoms. The van der Waals surface area contributed by atoms with E-state index in [0.29, 0.717) is 11.5 Å². The van der Waals surface area contributed by atoms with Gasteiger partial charge in [-0.3, -0.25) is 0 Å². The van der Waals surface area contributed by atoms with E-state index in [4.69, 9.17) is 9.31 Å². The molecule has 30 heavy (non-hydrogen) atoms. The topological polar surface area (TPSA) is 56.3 Å². The Bertz CT molecular complexity index is 1090. The van der Waals surface area contributed by atoms with Crippen LogP contribution < -0.4 is 10.8 Å². The van der Waals surface area contributed by atoms with Crippen LogP contribution in [0, 0.1) is 11.6 Å². The zero-order valence-corrected chi connectivity index (χ0v) is 17.7. The summed E-state index contributed by atoms with van der Waals surface area (Å²) in [7, 11) is -0.453. The minimum absolute atomic E-state index is 0.290. The van der Waals surface area contributed by atoms with Crippen LogP contribution in [0.1, 0.15) is 46.2 Å². The highest BCUT2D eigenvalue weighted by molar-refractivity contribution is 6.62. The molecule has 0 spiro atoms. The second-order valence-electron chi connectivity index (χ2n) is 8.64. The van der Waals surface area contributed by atoms with Crippen molar-refractivity contribution in [3.63, 3.8) is 0 Å². The van der Waals surface area contributed by atoms with E-state index in [1.54, 1.807) is 6.20 Å². The van der Waals surface area contributed by atoms with E-state index in [0.717, 1.165) is 22.4 Å². The quantitative estimate of drug-likeness (QED) is 0.646. The van der Waals surface area contributed by atoms with Gasteiger partial charge in [-0.2, -0.15) is 0 Å². The van der Waals surface area contributed by atoms with Crippen LogP contribution in [0.5, 0.6) is 0 Å². The maximum absolute atomic E-state index is 13.5. The largest absolute Gasteiger partial charge is 0.494 e. The van der Waals surface area contributed by atoms with Crippen LogP contribution in [0.4, 0.5) is 14.7 Å². The summed E-state index contributed by atoms with van der Waals surface area (Å²) in [6.45, 7) is 9.90. The zero-order chi connectivity index (χ0) is 21.7. The van der Waals surface area contributed by atoms with Crippen LogP contribution in [0.25, 0.3) is 10.9 Å². The van der Waals surface area contributed by atoms with Crippen molar-refractivity contribution in [1.29, 1.82) is 0 Å². The molecule has 156 valence electrons. The Labute approximate surface area is 175 Å². The SMILES string of the molecule is CC(Nc1ncc2cc(B3OC(C)(C)C(C)(C)O3)ccc2n1)c1ccc(F)c(F)c1. The fourth-order valence-electron chi connectivity index (χ4n) is 3.31. The maximum Gasteiger partial charge on any atom is 0.494 e. The highest BCUT2D eigenvalue weighted by Crippen LogP contribution is 2.36. The molecule has 0 amide bonds. The third-order valence-corrected chi connectivity index (χ3v) is 5.92. The van der Waals surface area contributed by atoms with E-state index in [-0.39, 0.29) is 6.04 Å². The summed E-state index contributed by atoms with van der Waals surface area (Å²) >= 11 is 0. The number of fused-ring (bicyclic) bond motifs is 1. The van der Waals surface area contributed by atoms with Gasteiger partial charge >= 0.3 is 7.12 Å². The lowest BCUT2D eigenvalue weighted by Crippen LogP contribution is -2.41. The van der Waals surface area contributed by atoms with Gasteiger partial charge in [-0.1, -0.05) is 18.2 Å². The molecule has 1 aliphatic heterocycles. The fraction of sp³-hybridized carbons (Fsp3) is 0.364. The first kappa shape index (κ1) is 20.7. The lowest BCUT2D eigenvalue weighted by Gasteiger charge is -2.32. The number of anilines is 1. The predicted octanol–water partition coefficient (Wildman–Crippen LogP) is 4.38. The van der Waals surface area contributed by atoms with Crippen molar-refractivity contribution >= 4 is 29.4 Å². The molecule has 1 aromatic heterocycles. The van der Waals surface area contributed by atoms with E-state index in [9.17, 15) is 8.78 Å². The Kier molecular flexibility index (Phi) is 5.02. The molecular weight excluding hydrogens is 387 g/mol. The third-order valence-electron chi connectivity index (χ3n) is 5.92. The number of nitrogens with one attached hydrogen (secondary N) is 1. The van der Waals surface area contributed by atoms with Crippen LogP contribution in [-0.4, -0.2) is 28.3 Å². The number of aromatic nitrogens is 2. The van der Waals surface area contributed by atoms with Gasteiger partial charge in [0.05, 0.1) is 22.8 Å². The number of benzene rings is 2. The van der Waals surface area contributed by atoms with Crippen molar-refractivity contribution < 1.29 is 18.1 Å². The second kappa shape index (κ2) is 7.28. The monoisotopic (exact) mass is 411 g/mol. The van der Waals surface area contributed by atoms with Crippen molar-refractivity contribution in [3.05, 3.63) is 59.8 Å². The first-order chi connectivity index (χ1) is 14.1. The number of nitrogens with zero attached hydrogens (tertiary/aromatic N) is 2. The molecule has 0 saturated carbocycles. The predicted molar refractivity (Wildman–Crippen MR) is 114 cm³/mol. The van der Waals surface area contributed by atoms with Crippen molar-refractivity contribution in [2.45, 2.75) is 51.9 Å². The average molecular weight is 411 g/mol. The number of hydrogen-bond acceptors (Lipinski definition) is 5. The minimum atomic E-state index is -0.879. The minimum Gasteiger partial charge on any atom is -0.399 e. The molecule has 5 nitrogen and oxygen atoms in total. The van der Waals surface area contributed by atoms with Gasteiger partial charge in [0.1, 0.15) is 0 Å². The Morgan fingerprint density at radius 3 is 2.33 bits per heavy atom. The molecule has 1 aliphatic rings. The van der Waals surface area contributed by atoms with E-state index < -0.39 is 30.0 Å². The van der Waals surface area contributed by atoms with Crippen LogP contribution in [0.2, 0.25) is 0 Å². The lowest BCUT2D eigenvalue weighted by molar-refractivity contribution is 0.00578. The number of halogens is 2. The maximum atomic E-state index is 13.5. The number of hydrogen-bond donors (Lipinski definition) is 1. The molecule has 1 N–H and O–H groups in total. The fourth-order valence-corrected chi connectivity index (χ4v) is 3.31. The van der Waals surface area contributed by atoms with E-state index in [2.05, 4.69) is 15.3 Å². The van der Waals surface area contributed by atoms with Crippen LogP contribution in [0.3, 0.4) is 0 Å². The molecule has 4 rings (SSSR count). The van der Waals surface area contributed by atoms with Crippen molar-refractivity contribution in [2.24, 2.45) is 0 Å². The molecule has 0 radical (unpaired) electrons. The van der Waals surface area contributed by atoms with Gasteiger partial charge in [-0.05, 0) is 63.8 Å². The summed E-state index contributed by atoms with van der Waals surface area (Å²) in [4.78, 5) is 8.90. The summed E-state index contributed by atoms with van der Waals surface area (Å²) in [5.74, 6) is -1.34. The van der Waals surface area contributed by atoms with Gasteiger partial charge in [-0.15, -0.1) is 0 Å². The van der Waals surface area contributed by atoms with Crippen LogP contribution in [0.15, 0.2) is 42.6 Å². The average Bonchev–Trinajstić information content (AvgIpc) is 2.90. The van der Waals surface area contributed by atoms with Crippen molar-refractivity contribution in [1.82, 2.24) is 9.97 Å². The first-order valence-electron chi connectivity index (χ1n) is 9.89. The normalized spacial score (nSPS) is 18.6. The van der Waals surface area contributed by atoms with Gasteiger partial charge in [-0.25, -0.2) is 18.7 Å². The molecule has 3 aromatic rings. The Morgan fingerprint density at radius 1 is 0.967 bits per heavy atom. The van der Waals surface area contributed by atoms with Crippen LogP contribution in [-0.2, 0) is 9.31 Å². The van der Waals surface area contributed by atoms with Gasteiger partial charge in [0.25, 0.3) is 0 Å². The summed E-state index contributed by atoms with van der Waals surface area (Å²) in [6, 6.07) is 9.31. The van der Waals surface area contributed by atoms with Gasteiger partial charge in [0, 0.05) is 11.6 Å². The smallest absolute Gasteiger partial charge is 0.399 e. The molecular formula is C22H24BF2N3O2. The molecule has 2 heterocycles. The lowest BCUT2D eigenvalue weighted by atomic mass is 9.78. The first-order valence-corrected chi connectivity index (χ1v) is 9.89. The van der Waals surface area contributed by atoms with Gasteiger partial charge in [0.15, 0.2) is 11.6 Å². The molecule has 1 atom stereocenters. The summed E-state index contributed by atoms with van der Waals surface area (Å²) in [5, 5.41) is 3.98. The Balaban J connectivity index is 1.54.